The van der Waals surface area contributed by atoms with E-state index in [0.29, 0.717) is 24.1 Å². The molecule has 1 saturated carbocycles. The van der Waals surface area contributed by atoms with Gasteiger partial charge in [0.2, 0.25) is 5.95 Å². The average molecular weight is 402 g/mol. The second-order valence-corrected chi connectivity index (χ2v) is 6.89. The summed E-state index contributed by atoms with van der Waals surface area (Å²) in [7, 11) is 0. The molecule has 1 heterocycles. The Hall–Kier alpha value is -3.39. The summed E-state index contributed by atoms with van der Waals surface area (Å²) in [6, 6.07) is 4.90. The summed E-state index contributed by atoms with van der Waals surface area (Å²) in [6.07, 6.45) is 0.452. The molecule has 1 amide bonds. The molecule has 0 spiro atoms. The predicted octanol–water partition coefficient (Wildman–Crippen LogP) is 1.82. The van der Waals surface area contributed by atoms with E-state index >= 15 is 0 Å². The number of nitrogens with zero attached hydrogens (tertiary/aromatic N) is 4. The largest absolute Gasteiger partial charge is 0.364 e. The number of rotatable bonds is 5. The summed E-state index contributed by atoms with van der Waals surface area (Å²) in [5, 5.41) is 22.3. The fourth-order valence-corrected chi connectivity index (χ4v) is 3.12. The van der Waals surface area contributed by atoms with Crippen LogP contribution in [0.1, 0.15) is 40.9 Å². The van der Waals surface area contributed by atoms with Gasteiger partial charge < -0.3 is 22.1 Å². The third kappa shape index (κ3) is 4.38. The number of nitriles is 1. The lowest BCUT2D eigenvalue weighted by Crippen LogP contribution is -2.55. The van der Waals surface area contributed by atoms with Gasteiger partial charge in [0.15, 0.2) is 11.5 Å². The van der Waals surface area contributed by atoms with Crippen molar-refractivity contribution in [3.05, 3.63) is 35.0 Å². The molecular weight excluding hydrogens is 382 g/mol. The molecule has 1 aromatic heterocycles. The molecule has 0 aliphatic heterocycles. The summed E-state index contributed by atoms with van der Waals surface area (Å²) in [4.78, 5) is 15.8. The number of carbonyl (C=O) groups is 1. The molecule has 0 saturated heterocycles. The number of primary amides is 1. The number of aryl methyl sites for hydroxylation is 1. The maximum Gasteiger partial charge on any atom is 0.273 e. The van der Waals surface area contributed by atoms with Crippen molar-refractivity contribution in [1.29, 1.82) is 5.26 Å². The SMILES string of the molecule is Cc1ccc(Nc2nc(N[C@@H]3CCCC(F)(F)[C@@H]3N)nnc2C(N)=O)cc1C#N. The number of nitrogens with two attached hydrogens (primary N) is 2. The Bertz CT molecular complexity index is 975. The number of carbonyl (C=O) groups excluding carboxylic acids is 1. The molecule has 1 fully saturated rings. The van der Waals surface area contributed by atoms with E-state index in [1.807, 2.05) is 0 Å². The van der Waals surface area contributed by atoms with Gasteiger partial charge in [-0.1, -0.05) is 6.07 Å². The molecule has 0 unspecified atom stereocenters. The Morgan fingerprint density at radius 3 is 2.83 bits per heavy atom. The van der Waals surface area contributed by atoms with Crippen molar-refractivity contribution < 1.29 is 13.6 Å². The number of anilines is 3. The van der Waals surface area contributed by atoms with Gasteiger partial charge in [-0.25, -0.2) is 8.78 Å². The molecule has 3 rings (SSSR count). The minimum absolute atomic E-state index is 0.0149. The van der Waals surface area contributed by atoms with Crippen molar-refractivity contribution in [3.8, 4) is 6.07 Å². The Labute approximate surface area is 165 Å². The Balaban J connectivity index is 1.88. The minimum Gasteiger partial charge on any atom is -0.364 e. The van der Waals surface area contributed by atoms with Crippen LogP contribution in [0.25, 0.3) is 0 Å². The highest BCUT2D eigenvalue weighted by Gasteiger charge is 2.45. The van der Waals surface area contributed by atoms with E-state index in [1.54, 1.807) is 25.1 Å². The number of halogens is 2. The molecule has 1 aromatic carbocycles. The van der Waals surface area contributed by atoms with Crippen molar-refractivity contribution in [2.45, 2.75) is 44.2 Å². The van der Waals surface area contributed by atoms with Gasteiger partial charge in [-0.15, -0.1) is 10.2 Å². The van der Waals surface area contributed by atoms with Crippen LogP contribution in [0.2, 0.25) is 0 Å². The van der Waals surface area contributed by atoms with Gasteiger partial charge in [-0.05, 0) is 37.5 Å². The smallest absolute Gasteiger partial charge is 0.273 e. The fraction of sp³-hybridized carbons (Fsp3) is 0.389. The van der Waals surface area contributed by atoms with Gasteiger partial charge in [0.05, 0.1) is 23.7 Å². The number of hydrogen-bond donors (Lipinski definition) is 4. The van der Waals surface area contributed by atoms with Crippen LogP contribution < -0.4 is 22.1 Å². The van der Waals surface area contributed by atoms with Crippen LogP contribution in [-0.4, -0.2) is 39.1 Å². The lowest BCUT2D eigenvalue weighted by Gasteiger charge is -2.35. The van der Waals surface area contributed by atoms with Crippen molar-refractivity contribution >= 4 is 23.4 Å². The lowest BCUT2D eigenvalue weighted by atomic mass is 9.87. The van der Waals surface area contributed by atoms with E-state index in [2.05, 4.69) is 31.9 Å². The van der Waals surface area contributed by atoms with Crippen LogP contribution in [0.3, 0.4) is 0 Å². The number of benzene rings is 1. The highest BCUT2D eigenvalue weighted by atomic mass is 19.3. The monoisotopic (exact) mass is 402 g/mol. The topological polar surface area (TPSA) is 156 Å². The first-order valence-electron chi connectivity index (χ1n) is 8.93. The van der Waals surface area contributed by atoms with Crippen LogP contribution in [0.4, 0.5) is 26.2 Å². The number of hydrogen-bond acceptors (Lipinski definition) is 8. The highest BCUT2D eigenvalue weighted by Crippen LogP contribution is 2.33. The highest BCUT2D eigenvalue weighted by molar-refractivity contribution is 5.96. The maximum absolute atomic E-state index is 13.9. The van der Waals surface area contributed by atoms with Gasteiger partial charge in [-0.2, -0.15) is 10.2 Å². The minimum atomic E-state index is -2.99. The standard InChI is InChI=1S/C18H20F2N8O/c1-9-4-5-11(7-10(9)8-21)24-16-13(15(23)29)27-28-17(26-16)25-12-3-2-6-18(19,20)14(12)22/h4-5,7,12,14H,2-3,6,22H2,1H3,(H2,23,29)(H2,24,25,26,28)/t12-,14-/m1/s1. The Kier molecular flexibility index (Phi) is 5.56. The van der Waals surface area contributed by atoms with E-state index in [9.17, 15) is 18.8 Å². The third-order valence-electron chi connectivity index (χ3n) is 4.80. The number of nitrogens with one attached hydrogen (secondary N) is 2. The zero-order chi connectivity index (χ0) is 21.2. The zero-order valence-electron chi connectivity index (χ0n) is 15.6. The second kappa shape index (κ2) is 7.92. The lowest BCUT2D eigenvalue weighted by molar-refractivity contribution is -0.0555. The quantitative estimate of drug-likeness (QED) is 0.590. The first-order valence-corrected chi connectivity index (χ1v) is 8.93. The summed E-state index contributed by atoms with van der Waals surface area (Å²) >= 11 is 0. The summed E-state index contributed by atoms with van der Waals surface area (Å²) in [6.45, 7) is 1.79. The molecule has 29 heavy (non-hydrogen) atoms. The Morgan fingerprint density at radius 1 is 1.38 bits per heavy atom. The summed E-state index contributed by atoms with van der Waals surface area (Å²) in [5.74, 6) is -3.94. The molecule has 0 radical (unpaired) electrons. The molecule has 11 heteroatoms. The molecular formula is C18H20F2N8O. The summed E-state index contributed by atoms with van der Waals surface area (Å²) in [5.41, 5.74) is 12.5. The number of amides is 1. The molecule has 0 bridgehead atoms. The normalized spacial score (nSPS) is 20.5. The van der Waals surface area contributed by atoms with Gasteiger partial charge in [-0.3, -0.25) is 4.79 Å². The first-order chi connectivity index (χ1) is 13.7. The first kappa shape index (κ1) is 20.3. The van der Waals surface area contributed by atoms with E-state index < -0.39 is 23.9 Å². The maximum atomic E-state index is 13.9. The van der Waals surface area contributed by atoms with E-state index in [-0.39, 0.29) is 23.9 Å². The molecule has 9 nitrogen and oxygen atoms in total. The van der Waals surface area contributed by atoms with Gasteiger partial charge in [0, 0.05) is 12.1 Å². The summed E-state index contributed by atoms with van der Waals surface area (Å²) < 4.78 is 27.7. The third-order valence-corrected chi connectivity index (χ3v) is 4.80. The fourth-order valence-electron chi connectivity index (χ4n) is 3.12. The van der Waals surface area contributed by atoms with Crippen molar-refractivity contribution in [3.63, 3.8) is 0 Å². The van der Waals surface area contributed by atoms with E-state index in [4.69, 9.17) is 11.5 Å². The van der Waals surface area contributed by atoms with Crippen LogP contribution in [0, 0.1) is 18.3 Å². The van der Waals surface area contributed by atoms with E-state index in [1.165, 1.54) is 0 Å². The van der Waals surface area contributed by atoms with Gasteiger partial charge >= 0.3 is 0 Å². The zero-order valence-corrected chi connectivity index (χ0v) is 15.6. The number of aromatic nitrogens is 3. The predicted molar refractivity (Wildman–Crippen MR) is 102 cm³/mol. The molecule has 1 aliphatic carbocycles. The Morgan fingerprint density at radius 2 is 2.14 bits per heavy atom. The van der Waals surface area contributed by atoms with Crippen LogP contribution >= 0.6 is 0 Å². The van der Waals surface area contributed by atoms with Gasteiger partial charge in [0.25, 0.3) is 11.8 Å². The van der Waals surface area contributed by atoms with Crippen LogP contribution in [0.5, 0.6) is 0 Å². The molecule has 152 valence electrons. The van der Waals surface area contributed by atoms with E-state index in [0.717, 1.165) is 5.56 Å². The van der Waals surface area contributed by atoms with Crippen LogP contribution in [0.15, 0.2) is 18.2 Å². The van der Waals surface area contributed by atoms with Crippen molar-refractivity contribution in [2.75, 3.05) is 10.6 Å². The van der Waals surface area contributed by atoms with Gasteiger partial charge in [0.1, 0.15) is 0 Å². The van der Waals surface area contributed by atoms with Crippen molar-refractivity contribution in [1.82, 2.24) is 15.2 Å². The number of alkyl halides is 2. The van der Waals surface area contributed by atoms with Crippen molar-refractivity contribution in [2.24, 2.45) is 11.5 Å². The second-order valence-electron chi connectivity index (χ2n) is 6.89. The molecule has 2 atom stereocenters. The molecule has 1 aliphatic rings. The average Bonchev–Trinajstić information content (AvgIpc) is 2.67. The molecule has 2 aromatic rings. The van der Waals surface area contributed by atoms with Crippen LogP contribution in [-0.2, 0) is 0 Å². The molecule has 6 N–H and O–H groups in total.